The highest BCUT2D eigenvalue weighted by Gasteiger charge is 2.33. The maximum Gasteiger partial charge on any atom is 0.254 e. The minimum Gasteiger partial charge on any atom is -0.484 e. The molecule has 22 heavy (non-hydrogen) atoms. The smallest absolute Gasteiger partial charge is 0.254 e. The van der Waals surface area contributed by atoms with Crippen molar-refractivity contribution in [1.82, 2.24) is 4.90 Å². The second-order valence-electron chi connectivity index (χ2n) is 5.39. The third-order valence-electron chi connectivity index (χ3n) is 3.62. The van der Waals surface area contributed by atoms with Gasteiger partial charge in [-0.3, -0.25) is 4.79 Å². The average Bonchev–Trinajstić information content (AvgIpc) is 2.44. The van der Waals surface area contributed by atoms with E-state index in [0.717, 1.165) is 17.7 Å². The maximum absolute atomic E-state index is 13.5. The van der Waals surface area contributed by atoms with Gasteiger partial charge in [-0.05, 0) is 31.2 Å². The average molecular weight is 303 g/mol. The lowest BCUT2D eigenvalue weighted by Crippen LogP contribution is -2.56. The molecule has 1 fully saturated rings. The lowest BCUT2D eigenvalue weighted by atomic mass is 10.1. The van der Waals surface area contributed by atoms with Gasteiger partial charge in [-0.15, -0.1) is 0 Å². The molecule has 0 saturated carbocycles. The summed E-state index contributed by atoms with van der Waals surface area (Å²) in [4.78, 5) is 13.8. The van der Waals surface area contributed by atoms with Crippen LogP contribution in [0.1, 0.15) is 15.9 Å². The third-order valence-corrected chi connectivity index (χ3v) is 3.62. The predicted molar refractivity (Wildman–Crippen MR) is 77.9 cm³/mol. The summed E-state index contributed by atoms with van der Waals surface area (Å²) in [5.41, 5.74) is 1.71. The number of hydrogen-bond donors (Lipinski definition) is 0. The SMILES string of the molecule is Cc1ccc(C(=O)N2CC(Oc3ccc(F)cc3F)C2)cc1. The largest absolute Gasteiger partial charge is 0.484 e. The van der Waals surface area contributed by atoms with E-state index in [2.05, 4.69) is 0 Å². The Balaban J connectivity index is 1.57. The van der Waals surface area contributed by atoms with E-state index in [-0.39, 0.29) is 17.8 Å². The van der Waals surface area contributed by atoms with Crippen LogP contribution >= 0.6 is 0 Å². The normalized spacial score (nSPS) is 14.6. The van der Waals surface area contributed by atoms with Crippen LogP contribution < -0.4 is 4.74 Å². The standard InChI is InChI=1S/C17H15F2NO2/c1-11-2-4-12(5-3-11)17(21)20-9-14(10-20)22-16-7-6-13(18)8-15(16)19/h2-8,14H,9-10H2,1H3. The van der Waals surface area contributed by atoms with Crippen LogP contribution in [0.25, 0.3) is 0 Å². The lowest BCUT2D eigenvalue weighted by Gasteiger charge is -2.39. The first-order chi connectivity index (χ1) is 10.5. The summed E-state index contributed by atoms with van der Waals surface area (Å²) in [5.74, 6) is -1.44. The fraction of sp³-hybridized carbons (Fsp3) is 0.235. The molecule has 1 aliphatic heterocycles. The fourth-order valence-electron chi connectivity index (χ4n) is 2.31. The van der Waals surface area contributed by atoms with E-state index >= 15 is 0 Å². The van der Waals surface area contributed by atoms with Gasteiger partial charge in [0.25, 0.3) is 5.91 Å². The van der Waals surface area contributed by atoms with Crippen LogP contribution in [0.3, 0.4) is 0 Å². The quantitative estimate of drug-likeness (QED) is 0.871. The molecule has 0 aliphatic carbocycles. The van der Waals surface area contributed by atoms with Crippen molar-refractivity contribution < 1.29 is 18.3 Å². The molecule has 0 aromatic heterocycles. The molecule has 3 nitrogen and oxygen atoms in total. The van der Waals surface area contributed by atoms with Crippen LogP contribution in [-0.2, 0) is 0 Å². The van der Waals surface area contributed by atoms with E-state index in [9.17, 15) is 13.6 Å². The number of carbonyl (C=O) groups excluding carboxylic acids is 1. The van der Waals surface area contributed by atoms with E-state index in [1.165, 1.54) is 6.07 Å². The van der Waals surface area contributed by atoms with Crippen molar-refractivity contribution in [3.63, 3.8) is 0 Å². The number of rotatable bonds is 3. The molecule has 2 aromatic carbocycles. The van der Waals surface area contributed by atoms with E-state index in [0.29, 0.717) is 18.7 Å². The Bertz CT molecular complexity index is 694. The van der Waals surface area contributed by atoms with Crippen LogP contribution in [0, 0.1) is 18.6 Å². The van der Waals surface area contributed by atoms with E-state index in [1.807, 2.05) is 19.1 Å². The Morgan fingerprint density at radius 2 is 1.82 bits per heavy atom. The predicted octanol–water partition coefficient (Wildman–Crippen LogP) is 3.18. The van der Waals surface area contributed by atoms with E-state index in [1.54, 1.807) is 17.0 Å². The number of benzene rings is 2. The number of carbonyl (C=O) groups is 1. The van der Waals surface area contributed by atoms with E-state index < -0.39 is 11.6 Å². The van der Waals surface area contributed by atoms with Crippen molar-refractivity contribution in [3.8, 4) is 5.75 Å². The Hall–Kier alpha value is -2.43. The summed E-state index contributed by atoms with van der Waals surface area (Å²) in [6.45, 7) is 2.74. The highest BCUT2D eigenvalue weighted by Crippen LogP contribution is 2.23. The van der Waals surface area contributed by atoms with Gasteiger partial charge in [0.1, 0.15) is 11.9 Å². The first kappa shape index (κ1) is 14.5. The van der Waals surface area contributed by atoms with Crippen LogP contribution in [0.15, 0.2) is 42.5 Å². The van der Waals surface area contributed by atoms with Gasteiger partial charge < -0.3 is 9.64 Å². The molecular weight excluding hydrogens is 288 g/mol. The number of hydrogen-bond acceptors (Lipinski definition) is 2. The number of nitrogens with zero attached hydrogens (tertiary/aromatic N) is 1. The molecule has 0 spiro atoms. The minimum atomic E-state index is -0.733. The van der Waals surface area contributed by atoms with Gasteiger partial charge in [0.05, 0.1) is 13.1 Å². The van der Waals surface area contributed by atoms with Gasteiger partial charge in [0, 0.05) is 11.6 Å². The monoisotopic (exact) mass is 303 g/mol. The van der Waals surface area contributed by atoms with Gasteiger partial charge in [-0.1, -0.05) is 17.7 Å². The number of likely N-dealkylation sites (tertiary alicyclic amines) is 1. The van der Waals surface area contributed by atoms with E-state index in [4.69, 9.17) is 4.74 Å². The molecule has 0 bridgehead atoms. The zero-order chi connectivity index (χ0) is 15.7. The summed E-state index contributed by atoms with van der Waals surface area (Å²) >= 11 is 0. The Morgan fingerprint density at radius 3 is 2.45 bits per heavy atom. The molecule has 0 N–H and O–H groups in total. The van der Waals surface area contributed by atoms with Crippen molar-refractivity contribution in [1.29, 1.82) is 0 Å². The summed E-state index contributed by atoms with van der Waals surface area (Å²) in [6, 6.07) is 10.5. The first-order valence-corrected chi connectivity index (χ1v) is 7.00. The van der Waals surface area contributed by atoms with Crippen LogP contribution in [0.2, 0.25) is 0 Å². The number of halogens is 2. The summed E-state index contributed by atoms with van der Waals surface area (Å²) in [7, 11) is 0. The zero-order valence-electron chi connectivity index (χ0n) is 12.1. The van der Waals surface area contributed by atoms with Crippen molar-refractivity contribution in [2.75, 3.05) is 13.1 Å². The molecule has 1 heterocycles. The summed E-state index contributed by atoms with van der Waals surface area (Å²) < 4.78 is 31.7. The second kappa shape index (κ2) is 5.75. The molecule has 1 saturated heterocycles. The fourth-order valence-corrected chi connectivity index (χ4v) is 2.31. The van der Waals surface area contributed by atoms with Gasteiger partial charge in [0.15, 0.2) is 11.6 Å². The first-order valence-electron chi connectivity index (χ1n) is 7.00. The molecule has 0 radical (unpaired) electrons. The Morgan fingerprint density at radius 1 is 1.14 bits per heavy atom. The van der Waals surface area contributed by atoms with Crippen molar-refractivity contribution >= 4 is 5.91 Å². The van der Waals surface area contributed by atoms with Crippen LogP contribution in [-0.4, -0.2) is 30.0 Å². The zero-order valence-corrected chi connectivity index (χ0v) is 12.1. The van der Waals surface area contributed by atoms with Gasteiger partial charge >= 0.3 is 0 Å². The summed E-state index contributed by atoms with van der Waals surface area (Å²) in [5, 5.41) is 0. The molecule has 114 valence electrons. The molecule has 2 aromatic rings. The highest BCUT2D eigenvalue weighted by molar-refractivity contribution is 5.94. The minimum absolute atomic E-state index is 0.00818. The summed E-state index contributed by atoms with van der Waals surface area (Å²) in [6.07, 6.45) is -0.269. The van der Waals surface area contributed by atoms with Gasteiger partial charge in [-0.2, -0.15) is 0 Å². The molecule has 3 rings (SSSR count). The Labute approximate surface area is 127 Å². The molecule has 0 atom stereocenters. The highest BCUT2D eigenvalue weighted by atomic mass is 19.1. The topological polar surface area (TPSA) is 29.5 Å². The maximum atomic E-state index is 13.5. The van der Waals surface area contributed by atoms with Crippen molar-refractivity contribution in [2.24, 2.45) is 0 Å². The number of aryl methyl sites for hydroxylation is 1. The third kappa shape index (κ3) is 2.93. The number of amides is 1. The van der Waals surface area contributed by atoms with Gasteiger partial charge in [0.2, 0.25) is 0 Å². The van der Waals surface area contributed by atoms with Gasteiger partial charge in [-0.25, -0.2) is 8.78 Å². The number of ether oxygens (including phenoxy) is 1. The van der Waals surface area contributed by atoms with Crippen molar-refractivity contribution in [2.45, 2.75) is 13.0 Å². The molecule has 5 heteroatoms. The molecule has 1 amide bonds. The Kier molecular flexibility index (Phi) is 3.79. The second-order valence-corrected chi connectivity index (χ2v) is 5.39. The molecule has 1 aliphatic rings. The van der Waals surface area contributed by atoms with Crippen molar-refractivity contribution in [3.05, 3.63) is 65.2 Å². The molecular formula is C17H15F2NO2. The van der Waals surface area contributed by atoms with Crippen LogP contribution in [0.5, 0.6) is 5.75 Å². The molecule has 0 unspecified atom stereocenters. The van der Waals surface area contributed by atoms with Crippen LogP contribution in [0.4, 0.5) is 8.78 Å². The lowest BCUT2D eigenvalue weighted by molar-refractivity contribution is 0.0163.